The third-order valence-corrected chi connectivity index (χ3v) is 2.51. The van der Waals surface area contributed by atoms with Crippen molar-refractivity contribution < 1.29 is 19.5 Å². The first kappa shape index (κ1) is 13.7. The number of carbonyl (C=O) groups is 1. The van der Waals surface area contributed by atoms with Crippen LogP contribution in [0.3, 0.4) is 0 Å². The third-order valence-electron chi connectivity index (χ3n) is 2.51. The second-order valence-corrected chi connectivity index (χ2v) is 3.95. The molecule has 1 aliphatic carbocycles. The SMILES string of the molecule is COCCOCC(=O)NC(C(N)=NO)C1CC1. The van der Waals surface area contributed by atoms with Crippen molar-refractivity contribution in [3.05, 3.63) is 0 Å². The van der Waals surface area contributed by atoms with E-state index in [-0.39, 0.29) is 24.3 Å². The molecule has 7 heteroatoms. The number of amides is 1. The van der Waals surface area contributed by atoms with Crippen molar-refractivity contribution in [3.8, 4) is 0 Å². The van der Waals surface area contributed by atoms with E-state index >= 15 is 0 Å². The molecule has 7 nitrogen and oxygen atoms in total. The highest BCUT2D eigenvalue weighted by molar-refractivity contribution is 5.90. The second-order valence-electron chi connectivity index (χ2n) is 3.95. The number of nitrogens with two attached hydrogens (primary N) is 1. The number of methoxy groups -OCH3 is 1. The Balaban J connectivity index is 2.27. The molecule has 0 bridgehead atoms. The lowest BCUT2D eigenvalue weighted by Crippen LogP contribution is -2.47. The summed E-state index contributed by atoms with van der Waals surface area (Å²) in [6.07, 6.45) is 1.96. The molecule has 1 rings (SSSR count). The van der Waals surface area contributed by atoms with Crippen molar-refractivity contribution in [2.24, 2.45) is 16.8 Å². The van der Waals surface area contributed by atoms with Crippen LogP contribution in [0.1, 0.15) is 12.8 Å². The van der Waals surface area contributed by atoms with Crippen molar-refractivity contribution in [2.45, 2.75) is 18.9 Å². The minimum Gasteiger partial charge on any atom is -0.409 e. The Bertz CT molecular complexity index is 279. The summed E-state index contributed by atoms with van der Waals surface area (Å²) in [7, 11) is 1.56. The zero-order valence-electron chi connectivity index (χ0n) is 9.89. The van der Waals surface area contributed by atoms with Gasteiger partial charge in [0.25, 0.3) is 0 Å². The quantitative estimate of drug-likeness (QED) is 0.172. The Labute approximate surface area is 99.9 Å². The summed E-state index contributed by atoms with van der Waals surface area (Å²) < 4.78 is 9.85. The topological polar surface area (TPSA) is 106 Å². The highest BCUT2D eigenvalue weighted by Crippen LogP contribution is 2.32. The molecule has 0 heterocycles. The molecule has 1 aliphatic rings. The van der Waals surface area contributed by atoms with Gasteiger partial charge in [-0.25, -0.2) is 0 Å². The van der Waals surface area contributed by atoms with Crippen molar-refractivity contribution in [1.29, 1.82) is 0 Å². The molecular weight excluding hydrogens is 226 g/mol. The van der Waals surface area contributed by atoms with Crippen LogP contribution in [0.4, 0.5) is 0 Å². The van der Waals surface area contributed by atoms with Crippen LogP contribution in [0.5, 0.6) is 0 Å². The predicted molar refractivity (Wildman–Crippen MR) is 60.8 cm³/mol. The zero-order chi connectivity index (χ0) is 12.7. The molecule has 0 aromatic rings. The standard InChI is InChI=1S/C10H19N3O4/c1-16-4-5-17-6-8(14)12-9(7-2-3-7)10(11)13-15/h7,9,15H,2-6H2,1H3,(H2,11,13)(H,12,14). The lowest BCUT2D eigenvalue weighted by molar-refractivity contribution is -0.126. The fraction of sp³-hybridized carbons (Fsp3) is 0.800. The predicted octanol–water partition coefficient (Wildman–Crippen LogP) is -0.709. The van der Waals surface area contributed by atoms with Gasteiger partial charge in [0.2, 0.25) is 5.91 Å². The fourth-order valence-corrected chi connectivity index (χ4v) is 1.45. The Kier molecular flexibility index (Phi) is 5.71. The number of amidine groups is 1. The maximum Gasteiger partial charge on any atom is 0.246 e. The first-order valence-corrected chi connectivity index (χ1v) is 5.52. The summed E-state index contributed by atoms with van der Waals surface area (Å²) in [5.74, 6) is 0.0381. The molecule has 17 heavy (non-hydrogen) atoms. The van der Waals surface area contributed by atoms with Crippen LogP contribution >= 0.6 is 0 Å². The number of nitrogens with one attached hydrogen (secondary N) is 1. The third kappa shape index (κ3) is 5.01. The summed E-state index contributed by atoms with van der Waals surface area (Å²) in [5, 5.41) is 14.2. The molecule has 1 saturated carbocycles. The summed E-state index contributed by atoms with van der Waals surface area (Å²) in [4.78, 5) is 11.5. The minimum absolute atomic E-state index is 0.0396. The molecule has 0 saturated heterocycles. The van der Waals surface area contributed by atoms with Gasteiger partial charge in [0.1, 0.15) is 6.61 Å². The van der Waals surface area contributed by atoms with Crippen molar-refractivity contribution in [3.63, 3.8) is 0 Å². The highest BCUT2D eigenvalue weighted by Gasteiger charge is 2.35. The second kappa shape index (κ2) is 7.08. The van der Waals surface area contributed by atoms with Crippen LogP contribution in [-0.2, 0) is 14.3 Å². The van der Waals surface area contributed by atoms with Gasteiger partial charge in [-0.3, -0.25) is 4.79 Å². The molecule has 0 aliphatic heterocycles. The van der Waals surface area contributed by atoms with E-state index in [1.54, 1.807) is 7.11 Å². The van der Waals surface area contributed by atoms with Gasteiger partial charge in [-0.1, -0.05) is 5.16 Å². The lowest BCUT2D eigenvalue weighted by atomic mass is 10.1. The monoisotopic (exact) mass is 245 g/mol. The largest absolute Gasteiger partial charge is 0.409 e. The van der Waals surface area contributed by atoms with Crippen LogP contribution in [0.25, 0.3) is 0 Å². The molecule has 0 spiro atoms. The number of ether oxygens (including phenoxy) is 2. The molecule has 1 amide bonds. The Morgan fingerprint density at radius 1 is 1.59 bits per heavy atom. The summed E-state index contributed by atoms with van der Waals surface area (Å²) in [6.45, 7) is 0.756. The van der Waals surface area contributed by atoms with Crippen molar-refractivity contribution in [1.82, 2.24) is 5.32 Å². The van der Waals surface area contributed by atoms with Crippen LogP contribution in [-0.4, -0.2) is 49.9 Å². The van der Waals surface area contributed by atoms with Gasteiger partial charge in [0.05, 0.1) is 19.3 Å². The highest BCUT2D eigenvalue weighted by atomic mass is 16.5. The molecule has 0 radical (unpaired) electrons. The van der Waals surface area contributed by atoms with Gasteiger partial charge in [0, 0.05) is 7.11 Å². The van der Waals surface area contributed by atoms with Crippen LogP contribution in [0.2, 0.25) is 0 Å². The van der Waals surface area contributed by atoms with Crippen molar-refractivity contribution in [2.75, 3.05) is 26.9 Å². The first-order valence-electron chi connectivity index (χ1n) is 5.52. The Hall–Kier alpha value is -1.34. The van der Waals surface area contributed by atoms with Crippen LogP contribution in [0.15, 0.2) is 5.16 Å². The average molecular weight is 245 g/mol. The van der Waals surface area contributed by atoms with E-state index in [0.717, 1.165) is 12.8 Å². The molecule has 1 unspecified atom stereocenters. The van der Waals surface area contributed by atoms with E-state index in [9.17, 15) is 4.79 Å². The summed E-state index contributed by atoms with van der Waals surface area (Å²) >= 11 is 0. The van der Waals surface area contributed by atoms with Crippen LogP contribution < -0.4 is 11.1 Å². The van der Waals surface area contributed by atoms with Gasteiger partial charge < -0.3 is 25.7 Å². The molecule has 1 fully saturated rings. The van der Waals surface area contributed by atoms with E-state index in [1.165, 1.54) is 0 Å². The zero-order valence-corrected chi connectivity index (χ0v) is 9.89. The average Bonchev–Trinajstić information content (AvgIpc) is 3.15. The Morgan fingerprint density at radius 2 is 2.29 bits per heavy atom. The van der Waals surface area contributed by atoms with E-state index in [0.29, 0.717) is 13.2 Å². The number of rotatable bonds is 8. The van der Waals surface area contributed by atoms with Gasteiger partial charge in [0.15, 0.2) is 5.84 Å². The number of nitrogens with zero attached hydrogens (tertiary/aromatic N) is 1. The Morgan fingerprint density at radius 3 is 2.82 bits per heavy atom. The van der Waals surface area contributed by atoms with Gasteiger partial charge in [-0.15, -0.1) is 0 Å². The molecular formula is C10H19N3O4. The van der Waals surface area contributed by atoms with Gasteiger partial charge in [-0.05, 0) is 18.8 Å². The van der Waals surface area contributed by atoms with Crippen molar-refractivity contribution >= 4 is 11.7 Å². The van der Waals surface area contributed by atoms with E-state index in [2.05, 4.69) is 10.5 Å². The lowest BCUT2D eigenvalue weighted by Gasteiger charge is -2.16. The number of hydrogen-bond donors (Lipinski definition) is 3. The molecule has 4 N–H and O–H groups in total. The molecule has 0 aromatic carbocycles. The first-order chi connectivity index (χ1) is 8.19. The normalized spacial score (nSPS) is 17.8. The smallest absolute Gasteiger partial charge is 0.246 e. The number of hydrogen-bond acceptors (Lipinski definition) is 5. The fourth-order valence-electron chi connectivity index (χ4n) is 1.45. The van der Waals surface area contributed by atoms with Gasteiger partial charge in [-0.2, -0.15) is 0 Å². The minimum atomic E-state index is -0.390. The number of oxime groups is 1. The van der Waals surface area contributed by atoms with Gasteiger partial charge >= 0.3 is 0 Å². The maximum atomic E-state index is 11.5. The molecule has 1 atom stereocenters. The number of carbonyl (C=O) groups excluding carboxylic acids is 1. The molecule has 98 valence electrons. The molecule has 0 aromatic heterocycles. The van der Waals surface area contributed by atoms with Crippen LogP contribution in [0, 0.1) is 5.92 Å². The van der Waals surface area contributed by atoms with E-state index < -0.39 is 6.04 Å². The maximum absolute atomic E-state index is 11.5. The summed E-state index contributed by atoms with van der Waals surface area (Å²) in [6, 6.07) is -0.390. The van der Waals surface area contributed by atoms with E-state index in [4.69, 9.17) is 20.4 Å². The van der Waals surface area contributed by atoms with E-state index in [1.807, 2.05) is 0 Å². The summed E-state index contributed by atoms with van der Waals surface area (Å²) in [5.41, 5.74) is 5.51.